The van der Waals surface area contributed by atoms with Crippen LogP contribution in [0.5, 0.6) is 0 Å². The van der Waals surface area contributed by atoms with Crippen LogP contribution < -0.4 is 21.4 Å². The third-order valence-corrected chi connectivity index (χ3v) is 6.22. The van der Waals surface area contributed by atoms with Crippen molar-refractivity contribution in [2.45, 2.75) is 63.6 Å². The van der Waals surface area contributed by atoms with Gasteiger partial charge < -0.3 is 21.1 Å². The maximum atomic E-state index is 12.4. The van der Waals surface area contributed by atoms with Gasteiger partial charge in [-0.2, -0.15) is 0 Å². The Labute approximate surface area is 205 Å². The van der Waals surface area contributed by atoms with Gasteiger partial charge in [0.1, 0.15) is 6.04 Å². The van der Waals surface area contributed by atoms with Gasteiger partial charge in [0, 0.05) is 17.3 Å². The predicted molar refractivity (Wildman–Crippen MR) is 133 cm³/mol. The van der Waals surface area contributed by atoms with Crippen LogP contribution in [0.4, 0.5) is 5.69 Å². The molecule has 2 aromatic carbocycles. The fourth-order valence-corrected chi connectivity index (χ4v) is 4.19. The summed E-state index contributed by atoms with van der Waals surface area (Å²) >= 11 is 0. The number of aliphatic hydroxyl groups excluding tert-OH is 1. The monoisotopic (exact) mass is 482 g/mol. The first-order valence-corrected chi connectivity index (χ1v) is 12.0. The van der Waals surface area contributed by atoms with Crippen molar-refractivity contribution in [2.75, 3.05) is 11.9 Å². The Morgan fingerprint density at radius 1 is 0.914 bits per heavy atom. The van der Waals surface area contributed by atoms with E-state index in [1.807, 2.05) is 24.3 Å². The zero-order valence-electron chi connectivity index (χ0n) is 19.9. The first-order chi connectivity index (χ1) is 16.9. The molecule has 0 saturated heterocycles. The number of hydrogen-bond acceptors (Lipinski definition) is 6. The third kappa shape index (κ3) is 7.88. The van der Waals surface area contributed by atoms with Gasteiger partial charge in [0.25, 0.3) is 11.8 Å². The van der Waals surface area contributed by atoms with Gasteiger partial charge in [0.2, 0.25) is 5.91 Å². The van der Waals surface area contributed by atoms with Crippen LogP contribution in [-0.4, -0.2) is 52.8 Å². The molecule has 3 amide bonds. The molecule has 0 bridgehead atoms. The molecule has 1 fully saturated rings. The van der Waals surface area contributed by atoms with Gasteiger partial charge in [0.15, 0.2) is 0 Å². The molecule has 1 saturated carbocycles. The molecular weight excluding hydrogens is 448 g/mol. The van der Waals surface area contributed by atoms with E-state index in [4.69, 9.17) is 5.21 Å². The highest BCUT2D eigenvalue weighted by Gasteiger charge is 2.25. The van der Waals surface area contributed by atoms with E-state index in [1.54, 1.807) is 24.3 Å². The highest BCUT2D eigenvalue weighted by molar-refractivity contribution is 5.98. The first kappa shape index (κ1) is 26.3. The van der Waals surface area contributed by atoms with Crippen LogP contribution in [0.15, 0.2) is 48.5 Å². The van der Waals surface area contributed by atoms with Gasteiger partial charge in [-0.05, 0) is 55.2 Å². The van der Waals surface area contributed by atoms with E-state index in [2.05, 4.69) is 16.0 Å². The lowest BCUT2D eigenvalue weighted by molar-refractivity contribution is -0.133. The van der Waals surface area contributed by atoms with Crippen LogP contribution in [-0.2, 0) is 9.59 Å². The molecule has 9 heteroatoms. The van der Waals surface area contributed by atoms with Gasteiger partial charge in [-0.3, -0.25) is 19.6 Å². The standard InChI is InChI=1S/C26H34N4O5/c1-17(31)24(26(34)30-35)29-25(33)20-10-8-18(9-11-20)19-12-14-22(15-13-19)28-23(32)16-27-21-6-4-2-3-5-7-21/h8-15,17,21,24,27,31,35H,2-7,16H2,1H3,(H,28,32)(H,29,33)(H,30,34)/t17-,24+/m1/s1. The van der Waals surface area contributed by atoms with Gasteiger partial charge >= 0.3 is 0 Å². The summed E-state index contributed by atoms with van der Waals surface area (Å²) in [6.07, 6.45) is 6.06. The minimum Gasteiger partial charge on any atom is -0.391 e. The maximum absolute atomic E-state index is 12.4. The fourth-order valence-electron chi connectivity index (χ4n) is 4.19. The number of hydroxylamine groups is 1. The van der Waals surface area contributed by atoms with Crippen molar-refractivity contribution < 1.29 is 24.7 Å². The number of hydrogen-bond donors (Lipinski definition) is 6. The Morgan fingerprint density at radius 3 is 2.03 bits per heavy atom. The SMILES string of the molecule is C[C@@H](O)[C@H](NC(=O)c1ccc(-c2ccc(NC(=O)CNC3CCCCCC3)cc2)cc1)C(=O)NO. The van der Waals surface area contributed by atoms with E-state index in [0.29, 0.717) is 23.8 Å². The maximum Gasteiger partial charge on any atom is 0.268 e. The minimum absolute atomic E-state index is 0.0669. The van der Waals surface area contributed by atoms with Crippen molar-refractivity contribution in [3.05, 3.63) is 54.1 Å². The Balaban J connectivity index is 1.53. The number of carbonyl (C=O) groups is 3. The highest BCUT2D eigenvalue weighted by Crippen LogP contribution is 2.22. The molecule has 0 unspecified atom stereocenters. The number of nitrogens with one attached hydrogen (secondary N) is 4. The molecule has 6 N–H and O–H groups in total. The fraction of sp³-hybridized carbons (Fsp3) is 0.423. The molecular formula is C26H34N4O5. The quantitative estimate of drug-likeness (QED) is 0.184. The van der Waals surface area contributed by atoms with Crippen molar-refractivity contribution in [2.24, 2.45) is 0 Å². The first-order valence-electron chi connectivity index (χ1n) is 12.0. The number of rotatable bonds is 9. The molecule has 0 spiro atoms. The Hall–Kier alpha value is -3.27. The van der Waals surface area contributed by atoms with Crippen LogP contribution in [0.2, 0.25) is 0 Å². The average molecular weight is 483 g/mol. The van der Waals surface area contributed by atoms with Crippen molar-refractivity contribution in [3.8, 4) is 11.1 Å². The minimum atomic E-state index is -1.28. The lowest BCUT2D eigenvalue weighted by atomic mass is 10.0. The molecule has 0 aromatic heterocycles. The Kier molecular flexibility index (Phi) is 9.77. The number of amides is 3. The molecule has 0 radical (unpaired) electrons. The number of carbonyl (C=O) groups excluding carboxylic acids is 3. The van der Waals surface area contributed by atoms with Crippen LogP contribution in [0.1, 0.15) is 55.8 Å². The van der Waals surface area contributed by atoms with Gasteiger partial charge in [-0.25, -0.2) is 5.48 Å². The van der Waals surface area contributed by atoms with Gasteiger partial charge in [0.05, 0.1) is 12.6 Å². The molecule has 9 nitrogen and oxygen atoms in total. The summed E-state index contributed by atoms with van der Waals surface area (Å²) in [6.45, 7) is 1.63. The molecule has 2 atom stereocenters. The smallest absolute Gasteiger partial charge is 0.268 e. The second-order valence-electron chi connectivity index (χ2n) is 8.94. The molecule has 1 aliphatic rings. The van der Waals surface area contributed by atoms with Crippen LogP contribution in [0.25, 0.3) is 11.1 Å². The van der Waals surface area contributed by atoms with E-state index >= 15 is 0 Å². The summed E-state index contributed by atoms with van der Waals surface area (Å²) in [5, 5.41) is 27.1. The van der Waals surface area contributed by atoms with Gasteiger partial charge in [-0.1, -0.05) is 49.9 Å². The van der Waals surface area contributed by atoms with E-state index in [1.165, 1.54) is 38.1 Å². The van der Waals surface area contributed by atoms with Crippen LogP contribution in [0.3, 0.4) is 0 Å². The van der Waals surface area contributed by atoms with Crippen LogP contribution >= 0.6 is 0 Å². The average Bonchev–Trinajstić information content (AvgIpc) is 3.15. The molecule has 35 heavy (non-hydrogen) atoms. The number of anilines is 1. The summed E-state index contributed by atoms with van der Waals surface area (Å²) in [5.74, 6) is -1.53. The molecule has 0 aliphatic heterocycles. The highest BCUT2D eigenvalue weighted by atomic mass is 16.5. The predicted octanol–water partition coefficient (Wildman–Crippen LogP) is 2.59. The molecule has 2 aromatic rings. The lowest BCUT2D eigenvalue weighted by Gasteiger charge is -2.19. The second kappa shape index (κ2) is 13.0. The number of aliphatic hydroxyl groups is 1. The van der Waals surface area contributed by atoms with E-state index in [0.717, 1.165) is 24.0 Å². The van der Waals surface area contributed by atoms with Crippen molar-refractivity contribution >= 4 is 23.4 Å². The Bertz CT molecular complexity index is 984. The summed E-state index contributed by atoms with van der Waals surface area (Å²) < 4.78 is 0. The Morgan fingerprint density at radius 2 is 1.49 bits per heavy atom. The summed E-state index contributed by atoms with van der Waals surface area (Å²) in [7, 11) is 0. The van der Waals surface area contributed by atoms with E-state index in [9.17, 15) is 19.5 Å². The second-order valence-corrected chi connectivity index (χ2v) is 8.94. The zero-order valence-corrected chi connectivity index (χ0v) is 19.9. The topological polar surface area (TPSA) is 140 Å². The lowest BCUT2D eigenvalue weighted by Crippen LogP contribution is -2.51. The largest absolute Gasteiger partial charge is 0.391 e. The number of benzene rings is 2. The molecule has 3 rings (SSSR count). The summed E-state index contributed by atoms with van der Waals surface area (Å²) in [5.41, 5.74) is 4.22. The van der Waals surface area contributed by atoms with E-state index < -0.39 is 24.0 Å². The van der Waals surface area contributed by atoms with Crippen molar-refractivity contribution in [1.29, 1.82) is 0 Å². The van der Waals surface area contributed by atoms with Gasteiger partial charge in [-0.15, -0.1) is 0 Å². The van der Waals surface area contributed by atoms with Crippen molar-refractivity contribution in [1.82, 2.24) is 16.1 Å². The van der Waals surface area contributed by atoms with Crippen molar-refractivity contribution in [3.63, 3.8) is 0 Å². The summed E-state index contributed by atoms with van der Waals surface area (Å²) in [4.78, 5) is 36.3. The molecule has 0 heterocycles. The third-order valence-electron chi connectivity index (χ3n) is 6.22. The van der Waals surface area contributed by atoms with Crippen LogP contribution in [0, 0.1) is 0 Å². The zero-order chi connectivity index (χ0) is 25.2. The normalized spacial score (nSPS) is 16.0. The molecule has 1 aliphatic carbocycles. The molecule has 188 valence electrons. The van der Waals surface area contributed by atoms with E-state index in [-0.39, 0.29) is 5.91 Å². The summed E-state index contributed by atoms with van der Waals surface area (Å²) in [6, 6.07) is 13.3.